The lowest BCUT2D eigenvalue weighted by atomic mass is 10.2. The first-order chi connectivity index (χ1) is 10.6. The van der Waals surface area contributed by atoms with Crippen molar-refractivity contribution >= 4 is 56.8 Å². The Hall–Kier alpha value is -0.940. The molecule has 8 heteroatoms. The van der Waals surface area contributed by atoms with Crippen molar-refractivity contribution in [3.63, 3.8) is 0 Å². The number of tetrazole rings is 1. The molecule has 0 spiro atoms. The summed E-state index contributed by atoms with van der Waals surface area (Å²) in [6, 6.07) is 11.6. The lowest BCUT2D eigenvalue weighted by Gasteiger charge is -2.12. The van der Waals surface area contributed by atoms with Crippen LogP contribution in [0.3, 0.4) is 0 Å². The van der Waals surface area contributed by atoms with E-state index in [4.69, 9.17) is 16.3 Å². The average molecular weight is 539 g/mol. The van der Waals surface area contributed by atoms with Crippen molar-refractivity contribution in [2.45, 2.75) is 6.61 Å². The summed E-state index contributed by atoms with van der Waals surface area (Å²) in [5.74, 6) is 1.39. The molecule has 3 aromatic rings. The van der Waals surface area contributed by atoms with Crippen molar-refractivity contribution in [3.8, 4) is 17.1 Å². The quantitative estimate of drug-likeness (QED) is 0.503. The smallest absolute Gasteiger partial charge is 0.204 e. The van der Waals surface area contributed by atoms with Crippen LogP contribution < -0.4 is 4.74 Å². The van der Waals surface area contributed by atoms with Crippen molar-refractivity contribution < 1.29 is 4.74 Å². The monoisotopic (exact) mass is 538 g/mol. The van der Waals surface area contributed by atoms with Crippen molar-refractivity contribution in [1.29, 1.82) is 0 Å². The highest BCUT2D eigenvalue weighted by Gasteiger charge is 2.13. The van der Waals surface area contributed by atoms with E-state index in [1.807, 2.05) is 36.4 Å². The van der Waals surface area contributed by atoms with Gasteiger partial charge in [-0.3, -0.25) is 0 Å². The molecule has 1 N–H and O–H groups in total. The first kappa shape index (κ1) is 15.9. The molecule has 1 aromatic heterocycles. The zero-order chi connectivity index (χ0) is 15.5. The van der Waals surface area contributed by atoms with Crippen LogP contribution in [0.25, 0.3) is 11.4 Å². The molecular weight excluding hydrogens is 529 g/mol. The maximum atomic E-state index is 6.15. The number of rotatable bonds is 4. The summed E-state index contributed by atoms with van der Waals surface area (Å²) < 4.78 is 7.91. The summed E-state index contributed by atoms with van der Waals surface area (Å²) in [6.45, 7) is 0.424. The molecule has 0 saturated carbocycles. The molecule has 0 unspecified atom stereocenters. The number of halogens is 3. The molecule has 3 rings (SSSR count). The van der Waals surface area contributed by atoms with Crippen LogP contribution >= 0.6 is 56.8 Å². The predicted octanol–water partition coefficient (Wildman–Crippen LogP) is 4.31. The minimum absolute atomic E-state index is 0.424. The van der Waals surface area contributed by atoms with E-state index in [0.29, 0.717) is 17.5 Å². The fourth-order valence-corrected chi connectivity index (χ4v) is 4.15. The minimum Gasteiger partial charge on any atom is -0.487 e. The highest BCUT2D eigenvalue weighted by Crippen LogP contribution is 2.32. The number of aromatic nitrogens is 4. The molecule has 22 heavy (non-hydrogen) atoms. The van der Waals surface area contributed by atoms with Crippen molar-refractivity contribution in [1.82, 2.24) is 20.6 Å². The molecule has 0 amide bonds. The van der Waals surface area contributed by atoms with E-state index >= 15 is 0 Å². The van der Waals surface area contributed by atoms with Gasteiger partial charge >= 0.3 is 0 Å². The molecule has 0 fully saturated rings. The van der Waals surface area contributed by atoms with Crippen LogP contribution in [-0.2, 0) is 6.61 Å². The third-order valence-corrected chi connectivity index (χ3v) is 4.90. The van der Waals surface area contributed by atoms with Crippen LogP contribution in [0.1, 0.15) is 5.56 Å². The van der Waals surface area contributed by atoms with Gasteiger partial charge in [0.1, 0.15) is 12.4 Å². The number of aromatic amines is 1. The van der Waals surface area contributed by atoms with Crippen molar-refractivity contribution in [2.75, 3.05) is 0 Å². The van der Waals surface area contributed by atoms with Crippen LogP contribution in [0, 0.1) is 7.14 Å². The van der Waals surface area contributed by atoms with E-state index in [0.717, 1.165) is 24.0 Å². The molecule has 0 bridgehead atoms. The minimum atomic E-state index is 0.424. The number of benzene rings is 2. The Kier molecular flexibility index (Phi) is 5.14. The first-order valence-corrected chi connectivity index (χ1v) is 8.78. The largest absolute Gasteiger partial charge is 0.487 e. The van der Waals surface area contributed by atoms with Gasteiger partial charge in [-0.05, 0) is 68.6 Å². The fraction of sp³-hybridized carbons (Fsp3) is 0.0714. The number of H-pyrrole nitrogens is 1. The van der Waals surface area contributed by atoms with Gasteiger partial charge in [0.2, 0.25) is 5.82 Å². The Labute approximate surface area is 159 Å². The predicted molar refractivity (Wildman–Crippen MR) is 101 cm³/mol. The summed E-state index contributed by atoms with van der Waals surface area (Å²) >= 11 is 10.6. The standard InChI is InChI=1S/C14H9ClI2N4O/c15-10-4-2-1-3-8(10)7-22-13-11(16)5-9(6-12(13)17)14-18-20-21-19-14/h1-6H,7H2,(H,18,19,20,21). The molecule has 5 nitrogen and oxygen atoms in total. The topological polar surface area (TPSA) is 63.7 Å². The zero-order valence-corrected chi connectivity index (χ0v) is 16.1. The molecule has 1 heterocycles. The summed E-state index contributed by atoms with van der Waals surface area (Å²) in [4.78, 5) is 0. The second kappa shape index (κ2) is 7.09. The molecule has 0 atom stereocenters. The molecule has 0 saturated heterocycles. The number of nitrogens with one attached hydrogen (secondary N) is 1. The van der Waals surface area contributed by atoms with Gasteiger partial charge in [-0.1, -0.05) is 29.8 Å². The van der Waals surface area contributed by atoms with Crippen LogP contribution in [0.5, 0.6) is 5.75 Å². The average Bonchev–Trinajstić information content (AvgIpc) is 3.02. The van der Waals surface area contributed by atoms with Gasteiger partial charge in [-0.15, -0.1) is 10.2 Å². The Morgan fingerprint density at radius 2 is 1.86 bits per heavy atom. The lowest BCUT2D eigenvalue weighted by Crippen LogP contribution is -2.00. The molecule has 0 radical (unpaired) electrons. The van der Waals surface area contributed by atoms with Gasteiger partial charge in [0.15, 0.2) is 0 Å². The Morgan fingerprint density at radius 3 is 2.50 bits per heavy atom. The van der Waals surface area contributed by atoms with Crippen molar-refractivity contribution in [3.05, 3.63) is 54.1 Å². The molecule has 0 aliphatic heterocycles. The molecule has 0 aliphatic carbocycles. The first-order valence-electron chi connectivity index (χ1n) is 6.24. The van der Waals surface area contributed by atoms with Gasteiger partial charge in [0, 0.05) is 16.1 Å². The summed E-state index contributed by atoms with van der Waals surface area (Å²) in [6.07, 6.45) is 0. The molecule has 2 aromatic carbocycles. The van der Waals surface area contributed by atoms with Gasteiger partial charge in [0.25, 0.3) is 0 Å². The maximum absolute atomic E-state index is 6.15. The van der Waals surface area contributed by atoms with Crippen molar-refractivity contribution in [2.24, 2.45) is 0 Å². The SMILES string of the molecule is Clc1ccccc1COc1c(I)cc(-c2nn[nH]n2)cc1I. The van der Waals surface area contributed by atoms with Crippen LogP contribution in [0.4, 0.5) is 0 Å². The van der Waals surface area contributed by atoms with Gasteiger partial charge in [-0.25, -0.2) is 0 Å². The molecule has 112 valence electrons. The summed E-state index contributed by atoms with van der Waals surface area (Å²) in [5, 5.41) is 14.7. The highest BCUT2D eigenvalue weighted by molar-refractivity contribution is 14.1. The Morgan fingerprint density at radius 1 is 1.14 bits per heavy atom. The zero-order valence-electron chi connectivity index (χ0n) is 11.1. The fourth-order valence-electron chi connectivity index (χ4n) is 1.88. The van der Waals surface area contributed by atoms with E-state index < -0.39 is 0 Å². The molecule has 0 aliphatic rings. The van der Waals surface area contributed by atoms with Gasteiger partial charge in [-0.2, -0.15) is 5.21 Å². The lowest BCUT2D eigenvalue weighted by molar-refractivity contribution is 0.302. The number of hydrogen-bond acceptors (Lipinski definition) is 4. The van der Waals surface area contributed by atoms with E-state index in [1.165, 1.54) is 0 Å². The number of hydrogen-bond donors (Lipinski definition) is 1. The third kappa shape index (κ3) is 3.51. The van der Waals surface area contributed by atoms with E-state index in [9.17, 15) is 0 Å². The normalized spacial score (nSPS) is 10.7. The summed E-state index contributed by atoms with van der Waals surface area (Å²) in [5.41, 5.74) is 1.85. The second-order valence-corrected chi connectivity index (χ2v) is 7.12. The maximum Gasteiger partial charge on any atom is 0.204 e. The van der Waals surface area contributed by atoms with E-state index in [-0.39, 0.29) is 0 Å². The Bertz CT molecular complexity index is 772. The van der Waals surface area contributed by atoms with Crippen LogP contribution in [0.2, 0.25) is 5.02 Å². The summed E-state index contributed by atoms with van der Waals surface area (Å²) in [7, 11) is 0. The Balaban J connectivity index is 1.84. The van der Waals surface area contributed by atoms with Crippen LogP contribution in [0.15, 0.2) is 36.4 Å². The highest BCUT2D eigenvalue weighted by atomic mass is 127. The molecular formula is C14H9ClI2N4O. The number of ether oxygens (including phenoxy) is 1. The van der Waals surface area contributed by atoms with E-state index in [2.05, 4.69) is 65.8 Å². The third-order valence-electron chi connectivity index (χ3n) is 2.93. The van der Waals surface area contributed by atoms with Gasteiger partial charge in [0.05, 0.1) is 7.14 Å². The number of nitrogens with zero attached hydrogens (tertiary/aromatic N) is 3. The second-order valence-electron chi connectivity index (χ2n) is 4.38. The van der Waals surface area contributed by atoms with E-state index in [1.54, 1.807) is 0 Å². The van der Waals surface area contributed by atoms with Crippen LogP contribution in [-0.4, -0.2) is 20.6 Å². The van der Waals surface area contributed by atoms with Gasteiger partial charge < -0.3 is 4.74 Å².